The van der Waals surface area contributed by atoms with E-state index in [0.29, 0.717) is 12.5 Å². The van der Waals surface area contributed by atoms with Crippen LogP contribution in [0.15, 0.2) is 0 Å². The van der Waals surface area contributed by atoms with Crippen molar-refractivity contribution < 1.29 is 9.90 Å². The van der Waals surface area contributed by atoms with Gasteiger partial charge in [-0.1, -0.05) is 19.3 Å². The molecule has 1 atom stereocenters. The van der Waals surface area contributed by atoms with Crippen molar-refractivity contribution in [3.8, 4) is 0 Å². The Morgan fingerprint density at radius 2 is 1.81 bits per heavy atom. The zero-order chi connectivity index (χ0) is 11.4. The third kappa shape index (κ3) is 2.97. The maximum Gasteiger partial charge on any atom is 0.303 e. The highest BCUT2D eigenvalue weighted by Crippen LogP contribution is 2.30. The highest BCUT2D eigenvalue weighted by atomic mass is 16.4. The molecule has 1 heterocycles. The van der Waals surface area contributed by atoms with Gasteiger partial charge in [0.1, 0.15) is 0 Å². The molecule has 0 radical (unpaired) electrons. The van der Waals surface area contributed by atoms with E-state index >= 15 is 0 Å². The van der Waals surface area contributed by atoms with E-state index in [1.54, 1.807) is 0 Å². The number of carboxylic acid groups (broad SMARTS) is 1. The van der Waals surface area contributed by atoms with Crippen LogP contribution in [0.5, 0.6) is 0 Å². The molecule has 0 bridgehead atoms. The van der Waals surface area contributed by atoms with Crippen LogP contribution in [0.4, 0.5) is 0 Å². The van der Waals surface area contributed by atoms with E-state index in [2.05, 4.69) is 4.90 Å². The van der Waals surface area contributed by atoms with Gasteiger partial charge in [-0.05, 0) is 38.6 Å². The van der Waals surface area contributed by atoms with Crippen molar-refractivity contribution in [3.63, 3.8) is 0 Å². The van der Waals surface area contributed by atoms with Crippen LogP contribution in [0.25, 0.3) is 0 Å². The number of likely N-dealkylation sites (tertiary alicyclic amines) is 1. The van der Waals surface area contributed by atoms with Crippen LogP contribution in [-0.2, 0) is 4.79 Å². The zero-order valence-electron chi connectivity index (χ0n) is 10.0. The Morgan fingerprint density at radius 3 is 2.50 bits per heavy atom. The SMILES string of the molecule is O=C(O)CCC1CCCCN1C1CCCC1. The summed E-state index contributed by atoms with van der Waals surface area (Å²) < 4.78 is 0. The molecule has 1 N–H and O–H groups in total. The molecule has 0 spiro atoms. The van der Waals surface area contributed by atoms with Gasteiger partial charge in [-0.2, -0.15) is 0 Å². The fourth-order valence-corrected chi connectivity index (χ4v) is 3.34. The lowest BCUT2D eigenvalue weighted by molar-refractivity contribution is -0.137. The molecule has 16 heavy (non-hydrogen) atoms. The summed E-state index contributed by atoms with van der Waals surface area (Å²) in [5.74, 6) is -0.642. The lowest BCUT2D eigenvalue weighted by Gasteiger charge is -2.40. The second-order valence-corrected chi connectivity index (χ2v) is 5.26. The Balaban J connectivity index is 1.88. The fraction of sp³-hybridized carbons (Fsp3) is 0.923. The van der Waals surface area contributed by atoms with E-state index < -0.39 is 5.97 Å². The van der Waals surface area contributed by atoms with Gasteiger partial charge in [0.15, 0.2) is 0 Å². The molecule has 0 amide bonds. The molecule has 3 heteroatoms. The maximum atomic E-state index is 10.7. The van der Waals surface area contributed by atoms with Gasteiger partial charge < -0.3 is 5.11 Å². The van der Waals surface area contributed by atoms with Gasteiger partial charge >= 0.3 is 5.97 Å². The lowest BCUT2D eigenvalue weighted by atomic mass is 9.95. The molecule has 0 aromatic heterocycles. The van der Waals surface area contributed by atoms with Crippen molar-refractivity contribution in [2.75, 3.05) is 6.54 Å². The van der Waals surface area contributed by atoms with Crippen LogP contribution in [-0.4, -0.2) is 34.6 Å². The second kappa shape index (κ2) is 5.67. The molecule has 1 aliphatic carbocycles. The minimum absolute atomic E-state index is 0.341. The summed E-state index contributed by atoms with van der Waals surface area (Å²) in [5.41, 5.74) is 0. The molecule has 3 nitrogen and oxygen atoms in total. The van der Waals surface area contributed by atoms with Crippen molar-refractivity contribution in [1.82, 2.24) is 4.90 Å². The molecule has 2 aliphatic rings. The minimum Gasteiger partial charge on any atom is -0.481 e. The van der Waals surface area contributed by atoms with E-state index in [1.165, 1.54) is 51.5 Å². The van der Waals surface area contributed by atoms with Gasteiger partial charge in [-0.25, -0.2) is 0 Å². The minimum atomic E-state index is -0.642. The highest BCUT2D eigenvalue weighted by Gasteiger charge is 2.30. The predicted molar refractivity (Wildman–Crippen MR) is 63.5 cm³/mol. The summed E-state index contributed by atoms with van der Waals surface area (Å²) in [4.78, 5) is 13.3. The van der Waals surface area contributed by atoms with Crippen LogP contribution >= 0.6 is 0 Å². The van der Waals surface area contributed by atoms with Gasteiger partial charge in [-0.15, -0.1) is 0 Å². The Bertz CT molecular complexity index is 236. The van der Waals surface area contributed by atoms with Crippen molar-refractivity contribution in [2.45, 2.75) is 69.9 Å². The number of carbonyl (C=O) groups is 1. The first-order valence-corrected chi connectivity index (χ1v) is 6.75. The Kier molecular flexibility index (Phi) is 4.22. The highest BCUT2D eigenvalue weighted by molar-refractivity contribution is 5.66. The third-order valence-corrected chi connectivity index (χ3v) is 4.16. The molecule has 0 aromatic rings. The molecule has 1 aliphatic heterocycles. The van der Waals surface area contributed by atoms with Gasteiger partial charge in [0, 0.05) is 18.5 Å². The first-order chi connectivity index (χ1) is 7.77. The monoisotopic (exact) mass is 225 g/mol. The first kappa shape index (κ1) is 11.9. The Hall–Kier alpha value is -0.570. The van der Waals surface area contributed by atoms with Gasteiger partial charge in [0.25, 0.3) is 0 Å². The number of nitrogens with zero attached hydrogens (tertiary/aromatic N) is 1. The molecular weight excluding hydrogens is 202 g/mol. The van der Waals surface area contributed by atoms with Crippen molar-refractivity contribution >= 4 is 5.97 Å². The second-order valence-electron chi connectivity index (χ2n) is 5.26. The smallest absolute Gasteiger partial charge is 0.303 e. The number of carboxylic acids is 1. The molecule has 2 rings (SSSR count). The number of hydrogen-bond acceptors (Lipinski definition) is 2. The first-order valence-electron chi connectivity index (χ1n) is 6.75. The molecule has 1 saturated carbocycles. The number of hydrogen-bond donors (Lipinski definition) is 1. The standard InChI is InChI=1S/C13H23NO2/c15-13(16)9-8-12-7-3-4-10-14(12)11-5-1-2-6-11/h11-12H,1-10H2,(H,15,16). The number of rotatable bonds is 4. The summed E-state index contributed by atoms with van der Waals surface area (Å²) in [6.45, 7) is 1.20. The van der Waals surface area contributed by atoms with Gasteiger partial charge in [-0.3, -0.25) is 9.69 Å². The molecule has 1 saturated heterocycles. The summed E-state index contributed by atoms with van der Waals surface area (Å²) in [6.07, 6.45) is 10.4. The summed E-state index contributed by atoms with van der Waals surface area (Å²) >= 11 is 0. The van der Waals surface area contributed by atoms with E-state index in [9.17, 15) is 4.79 Å². The third-order valence-electron chi connectivity index (χ3n) is 4.16. The van der Waals surface area contributed by atoms with E-state index in [-0.39, 0.29) is 0 Å². The fourth-order valence-electron chi connectivity index (χ4n) is 3.34. The molecule has 92 valence electrons. The average Bonchev–Trinajstić information content (AvgIpc) is 2.80. The number of piperidine rings is 1. The largest absolute Gasteiger partial charge is 0.481 e. The van der Waals surface area contributed by atoms with Crippen LogP contribution in [0.3, 0.4) is 0 Å². The van der Waals surface area contributed by atoms with Crippen LogP contribution in [0, 0.1) is 0 Å². The van der Waals surface area contributed by atoms with Crippen LogP contribution in [0.1, 0.15) is 57.8 Å². The van der Waals surface area contributed by atoms with Gasteiger partial charge in [0.05, 0.1) is 0 Å². The summed E-state index contributed by atoms with van der Waals surface area (Å²) in [6, 6.07) is 1.31. The predicted octanol–water partition coefficient (Wildman–Crippen LogP) is 2.65. The molecule has 2 fully saturated rings. The van der Waals surface area contributed by atoms with Crippen molar-refractivity contribution in [3.05, 3.63) is 0 Å². The summed E-state index contributed by atoms with van der Waals surface area (Å²) in [7, 11) is 0. The van der Waals surface area contributed by atoms with Crippen LogP contribution < -0.4 is 0 Å². The van der Waals surface area contributed by atoms with E-state index in [4.69, 9.17) is 5.11 Å². The quantitative estimate of drug-likeness (QED) is 0.799. The average molecular weight is 225 g/mol. The summed E-state index contributed by atoms with van der Waals surface area (Å²) in [5, 5.41) is 8.78. The van der Waals surface area contributed by atoms with Gasteiger partial charge in [0.2, 0.25) is 0 Å². The normalized spacial score (nSPS) is 28.4. The molecule has 1 unspecified atom stereocenters. The lowest BCUT2D eigenvalue weighted by Crippen LogP contribution is -2.45. The molecule has 0 aromatic carbocycles. The van der Waals surface area contributed by atoms with Crippen molar-refractivity contribution in [1.29, 1.82) is 0 Å². The maximum absolute atomic E-state index is 10.7. The topological polar surface area (TPSA) is 40.5 Å². The number of aliphatic carboxylic acids is 1. The zero-order valence-corrected chi connectivity index (χ0v) is 10.0. The van der Waals surface area contributed by atoms with E-state index in [1.807, 2.05) is 0 Å². The Labute approximate surface area is 97.8 Å². The van der Waals surface area contributed by atoms with Crippen LogP contribution in [0.2, 0.25) is 0 Å². The Morgan fingerprint density at radius 1 is 1.12 bits per heavy atom. The molecular formula is C13H23NO2. The van der Waals surface area contributed by atoms with Crippen molar-refractivity contribution in [2.24, 2.45) is 0 Å². The van der Waals surface area contributed by atoms with E-state index in [0.717, 1.165) is 12.5 Å².